The van der Waals surface area contributed by atoms with Crippen LogP contribution in [0.25, 0.3) is 21.6 Å². The number of ketones is 1. The molecule has 2 aromatic heterocycles. The zero-order valence-corrected chi connectivity index (χ0v) is 11.1. The number of rotatable bonds is 2. The fourth-order valence-corrected chi connectivity index (χ4v) is 2.60. The number of nitrogens with two attached hydrogens (primary N) is 1. The molecule has 0 bridgehead atoms. The third kappa shape index (κ3) is 2.20. The highest BCUT2D eigenvalue weighted by atomic mass is 32.1. The first-order valence-electron chi connectivity index (χ1n) is 5.78. The molecule has 5 heteroatoms. The van der Waals surface area contributed by atoms with E-state index in [2.05, 4.69) is 9.97 Å². The largest absolute Gasteiger partial charge is 0.375 e. The van der Waals surface area contributed by atoms with Crippen LogP contribution in [0.5, 0.6) is 0 Å². The van der Waals surface area contributed by atoms with E-state index in [9.17, 15) is 4.79 Å². The van der Waals surface area contributed by atoms with Crippen molar-refractivity contribution in [1.82, 2.24) is 9.97 Å². The van der Waals surface area contributed by atoms with Gasteiger partial charge in [-0.25, -0.2) is 9.97 Å². The summed E-state index contributed by atoms with van der Waals surface area (Å²) in [5.74, 6) is 0.0463. The first-order valence-corrected chi connectivity index (χ1v) is 6.59. The van der Waals surface area contributed by atoms with Crippen LogP contribution in [0.1, 0.15) is 17.3 Å². The van der Waals surface area contributed by atoms with Crippen molar-refractivity contribution in [1.29, 1.82) is 0 Å². The minimum atomic E-state index is 0.0463. The van der Waals surface area contributed by atoms with Gasteiger partial charge in [-0.05, 0) is 25.1 Å². The van der Waals surface area contributed by atoms with Crippen molar-refractivity contribution in [2.24, 2.45) is 0 Å². The highest BCUT2D eigenvalue weighted by Gasteiger charge is 2.07. The Hall–Kier alpha value is -2.27. The number of thiazole rings is 1. The Labute approximate surface area is 113 Å². The fourth-order valence-electron chi connectivity index (χ4n) is 1.89. The van der Waals surface area contributed by atoms with E-state index in [0.29, 0.717) is 10.7 Å². The van der Waals surface area contributed by atoms with Gasteiger partial charge in [-0.15, -0.1) is 0 Å². The second-order valence-corrected chi connectivity index (χ2v) is 5.22. The second kappa shape index (κ2) is 4.44. The zero-order chi connectivity index (χ0) is 13.4. The first-order chi connectivity index (χ1) is 9.13. The summed E-state index contributed by atoms with van der Waals surface area (Å²) in [6.45, 7) is 1.56. The Morgan fingerprint density at radius 1 is 1.21 bits per heavy atom. The topological polar surface area (TPSA) is 68.9 Å². The highest BCUT2D eigenvalue weighted by molar-refractivity contribution is 7.21. The number of carbonyl (C=O) groups excluding carboxylic acids is 1. The van der Waals surface area contributed by atoms with Crippen molar-refractivity contribution < 1.29 is 4.79 Å². The van der Waals surface area contributed by atoms with E-state index in [1.54, 1.807) is 13.0 Å². The summed E-state index contributed by atoms with van der Waals surface area (Å²) in [6.07, 6.45) is 0. The molecule has 0 saturated heterocycles. The fraction of sp³-hybridized carbons (Fsp3) is 0.0714. The van der Waals surface area contributed by atoms with Crippen LogP contribution in [0.2, 0.25) is 0 Å². The van der Waals surface area contributed by atoms with Gasteiger partial charge in [0.15, 0.2) is 10.9 Å². The summed E-state index contributed by atoms with van der Waals surface area (Å²) in [7, 11) is 0. The SMILES string of the molecule is CC(=O)c1cccc(-c2ccc3nc(N)sc3n2)c1. The van der Waals surface area contributed by atoms with Crippen LogP contribution in [0.15, 0.2) is 36.4 Å². The number of hydrogen-bond acceptors (Lipinski definition) is 5. The van der Waals surface area contributed by atoms with Crippen molar-refractivity contribution in [2.45, 2.75) is 6.92 Å². The molecule has 3 rings (SSSR count). The molecule has 4 nitrogen and oxygen atoms in total. The van der Waals surface area contributed by atoms with Crippen molar-refractivity contribution in [2.75, 3.05) is 5.73 Å². The Kier molecular flexibility index (Phi) is 2.76. The van der Waals surface area contributed by atoms with Gasteiger partial charge in [0, 0.05) is 11.1 Å². The van der Waals surface area contributed by atoms with Gasteiger partial charge in [-0.3, -0.25) is 4.79 Å². The summed E-state index contributed by atoms with van der Waals surface area (Å²) in [5, 5.41) is 0.511. The molecule has 0 aliphatic rings. The van der Waals surface area contributed by atoms with Gasteiger partial charge in [0.05, 0.1) is 5.69 Å². The summed E-state index contributed by atoms with van der Waals surface area (Å²) in [5.41, 5.74) is 8.89. The third-order valence-electron chi connectivity index (χ3n) is 2.84. The molecule has 0 saturated carbocycles. The van der Waals surface area contributed by atoms with Gasteiger partial charge in [0.2, 0.25) is 0 Å². The maximum atomic E-state index is 11.4. The molecule has 0 atom stereocenters. The number of hydrogen-bond donors (Lipinski definition) is 1. The highest BCUT2D eigenvalue weighted by Crippen LogP contribution is 2.26. The van der Waals surface area contributed by atoms with Crippen LogP contribution in [0, 0.1) is 0 Å². The number of benzene rings is 1. The van der Waals surface area contributed by atoms with Crippen molar-refractivity contribution in [3.8, 4) is 11.3 Å². The lowest BCUT2D eigenvalue weighted by atomic mass is 10.1. The van der Waals surface area contributed by atoms with Crippen LogP contribution < -0.4 is 5.73 Å². The van der Waals surface area contributed by atoms with E-state index < -0.39 is 0 Å². The van der Waals surface area contributed by atoms with Crippen LogP contribution >= 0.6 is 11.3 Å². The number of nitrogens with zero attached hydrogens (tertiary/aromatic N) is 2. The van der Waals surface area contributed by atoms with Crippen molar-refractivity contribution >= 4 is 32.6 Å². The average molecular weight is 269 g/mol. The quantitative estimate of drug-likeness (QED) is 0.726. The molecule has 0 aliphatic heterocycles. The van der Waals surface area contributed by atoms with Crippen LogP contribution in [0.4, 0.5) is 5.13 Å². The molecule has 0 fully saturated rings. The molecular formula is C14H11N3OS. The number of Topliss-reactive ketones (excluding diaryl/α,β-unsaturated/α-hetero) is 1. The Morgan fingerprint density at radius 3 is 2.84 bits per heavy atom. The molecule has 3 aromatic rings. The third-order valence-corrected chi connectivity index (χ3v) is 3.63. The molecule has 2 heterocycles. The molecule has 1 aromatic carbocycles. The number of anilines is 1. The van der Waals surface area contributed by atoms with Crippen LogP contribution in [-0.2, 0) is 0 Å². The van der Waals surface area contributed by atoms with Gasteiger partial charge in [0.1, 0.15) is 10.3 Å². The average Bonchev–Trinajstić information content (AvgIpc) is 2.77. The minimum Gasteiger partial charge on any atom is -0.375 e. The molecule has 0 radical (unpaired) electrons. The van der Waals surface area contributed by atoms with E-state index >= 15 is 0 Å². The predicted molar refractivity (Wildman–Crippen MR) is 77.3 cm³/mol. The van der Waals surface area contributed by atoms with Gasteiger partial charge in [0.25, 0.3) is 0 Å². The first kappa shape index (κ1) is 11.8. The van der Waals surface area contributed by atoms with E-state index in [-0.39, 0.29) is 5.78 Å². The van der Waals surface area contributed by atoms with Crippen LogP contribution in [-0.4, -0.2) is 15.8 Å². The molecule has 94 valence electrons. The number of nitrogen functional groups attached to an aromatic ring is 1. The standard InChI is InChI=1S/C14H11N3OS/c1-8(18)9-3-2-4-10(7-9)11-5-6-12-13(16-11)19-14(15)17-12/h2-7H,1H3,(H2,15,17). The summed E-state index contributed by atoms with van der Waals surface area (Å²) < 4.78 is 0. The Balaban J connectivity index is 2.12. The van der Waals surface area contributed by atoms with Gasteiger partial charge < -0.3 is 5.73 Å². The number of aromatic nitrogens is 2. The lowest BCUT2D eigenvalue weighted by Crippen LogP contribution is -1.92. The summed E-state index contributed by atoms with van der Waals surface area (Å²) in [6, 6.07) is 11.2. The van der Waals surface area contributed by atoms with E-state index in [4.69, 9.17) is 5.73 Å². The second-order valence-electron chi connectivity index (χ2n) is 4.21. The molecule has 0 unspecified atom stereocenters. The van der Waals surface area contributed by atoms with E-state index in [1.807, 2.05) is 30.3 Å². The molecule has 0 spiro atoms. The summed E-state index contributed by atoms with van der Waals surface area (Å²) in [4.78, 5) is 20.9. The van der Waals surface area contributed by atoms with Crippen molar-refractivity contribution in [3.63, 3.8) is 0 Å². The smallest absolute Gasteiger partial charge is 0.182 e. The maximum absolute atomic E-state index is 11.4. The number of fused-ring (bicyclic) bond motifs is 1. The van der Waals surface area contributed by atoms with Crippen molar-refractivity contribution in [3.05, 3.63) is 42.0 Å². The van der Waals surface area contributed by atoms with Gasteiger partial charge in [-0.1, -0.05) is 29.5 Å². The lowest BCUT2D eigenvalue weighted by Gasteiger charge is -2.02. The number of carbonyl (C=O) groups is 1. The van der Waals surface area contributed by atoms with E-state index in [1.165, 1.54) is 11.3 Å². The monoisotopic (exact) mass is 269 g/mol. The minimum absolute atomic E-state index is 0.0463. The molecular weight excluding hydrogens is 258 g/mol. The Bertz CT molecular complexity index is 779. The maximum Gasteiger partial charge on any atom is 0.182 e. The number of pyridine rings is 1. The molecule has 0 aliphatic carbocycles. The molecule has 0 amide bonds. The lowest BCUT2D eigenvalue weighted by molar-refractivity contribution is 0.101. The van der Waals surface area contributed by atoms with Gasteiger partial charge >= 0.3 is 0 Å². The van der Waals surface area contributed by atoms with Gasteiger partial charge in [-0.2, -0.15) is 0 Å². The summed E-state index contributed by atoms with van der Waals surface area (Å²) >= 11 is 1.36. The zero-order valence-electron chi connectivity index (χ0n) is 10.3. The normalized spacial score (nSPS) is 10.8. The van der Waals surface area contributed by atoms with Crippen LogP contribution in [0.3, 0.4) is 0 Å². The predicted octanol–water partition coefficient (Wildman–Crippen LogP) is 3.14. The molecule has 2 N–H and O–H groups in total. The van der Waals surface area contributed by atoms with E-state index in [0.717, 1.165) is 21.6 Å². The Morgan fingerprint density at radius 2 is 2.05 bits per heavy atom. The molecule has 19 heavy (non-hydrogen) atoms.